The molecule has 0 amide bonds. The van der Waals surface area contributed by atoms with Crippen molar-refractivity contribution in [3.05, 3.63) is 24.7 Å². The van der Waals surface area contributed by atoms with E-state index in [4.69, 9.17) is 0 Å². The lowest BCUT2D eigenvalue weighted by Gasteiger charge is -1.98. The first kappa shape index (κ1) is 9.54. The molecule has 1 aromatic carbocycles. The Hall–Kier alpha value is 0.990. The van der Waals surface area contributed by atoms with Gasteiger partial charge in [0.05, 0.1) is 0 Å². The van der Waals surface area contributed by atoms with E-state index < -0.39 is 0 Å². The predicted octanol–water partition coefficient (Wildman–Crippen LogP) is 4.40. The van der Waals surface area contributed by atoms with Crippen LogP contribution in [0.25, 0.3) is 10.1 Å². The summed E-state index contributed by atoms with van der Waals surface area (Å²) < 4.78 is 3.94. The van der Waals surface area contributed by atoms with E-state index in [-0.39, 0.29) is 0 Å². The van der Waals surface area contributed by atoms with Gasteiger partial charge in [0.1, 0.15) is 0 Å². The molecule has 0 N–H and O–H groups in total. The Morgan fingerprint density at radius 3 is 2.75 bits per heavy atom. The van der Waals surface area contributed by atoms with Gasteiger partial charge >= 0.3 is 0 Å². The molecule has 2 aromatic rings. The van der Waals surface area contributed by atoms with Crippen LogP contribution in [0.1, 0.15) is 0 Å². The summed E-state index contributed by atoms with van der Waals surface area (Å²) in [6.07, 6.45) is 0. The number of rotatable bonds is 0. The van der Waals surface area contributed by atoms with Gasteiger partial charge in [0, 0.05) is 27.5 Å². The van der Waals surface area contributed by atoms with Crippen LogP contribution in [0.4, 0.5) is 0 Å². The Kier molecular flexibility index (Phi) is 2.88. The lowest BCUT2D eigenvalue weighted by atomic mass is 10.3. The first-order valence-electron chi connectivity index (χ1n) is 3.24. The van der Waals surface area contributed by atoms with Crippen molar-refractivity contribution in [1.82, 2.24) is 0 Å². The molecule has 1 aromatic heterocycles. The molecule has 0 saturated carbocycles. The fourth-order valence-corrected chi connectivity index (χ4v) is 4.64. The van der Waals surface area contributed by atoms with E-state index in [1.807, 2.05) is 0 Å². The lowest BCUT2D eigenvalue weighted by Crippen LogP contribution is -1.77. The van der Waals surface area contributed by atoms with Crippen LogP contribution >= 0.6 is 69.1 Å². The minimum Gasteiger partial charge on any atom is -0.143 e. The van der Waals surface area contributed by atoms with Crippen molar-refractivity contribution < 1.29 is 0 Å². The highest BCUT2D eigenvalue weighted by Gasteiger charge is 2.06. The van der Waals surface area contributed by atoms with Crippen LogP contribution in [0.15, 0.2) is 22.4 Å². The molecule has 0 saturated heterocycles. The summed E-state index contributed by atoms with van der Waals surface area (Å²) in [4.78, 5) is 1.07. The quantitative estimate of drug-likeness (QED) is 0.476. The fraction of sp³-hybridized carbons (Fsp3) is 0. The molecule has 0 nitrogen and oxygen atoms in total. The fourth-order valence-electron chi connectivity index (χ4n) is 1.04. The normalized spacial score (nSPS) is 10.9. The van der Waals surface area contributed by atoms with Gasteiger partial charge in [0.25, 0.3) is 0 Å². The Morgan fingerprint density at radius 2 is 2.00 bits per heavy atom. The van der Waals surface area contributed by atoms with Crippen molar-refractivity contribution in [3.63, 3.8) is 0 Å². The minimum atomic E-state index is 1.07. The lowest BCUT2D eigenvalue weighted by molar-refractivity contribution is 1.47. The number of thiophene rings is 1. The summed E-state index contributed by atoms with van der Waals surface area (Å²) in [5, 5.41) is 3.54. The van der Waals surface area contributed by atoms with Gasteiger partial charge in [0.2, 0.25) is 0 Å². The molecule has 0 aliphatic carbocycles. The van der Waals surface area contributed by atoms with Crippen LogP contribution in [-0.2, 0) is 0 Å². The zero-order valence-corrected chi connectivity index (χ0v) is 11.9. The maximum absolute atomic E-state index is 4.39. The van der Waals surface area contributed by atoms with Gasteiger partial charge in [-0.15, -0.1) is 24.0 Å². The number of fused-ring (bicyclic) bond motifs is 1. The summed E-state index contributed by atoms with van der Waals surface area (Å²) in [5.74, 6) is 0. The van der Waals surface area contributed by atoms with Crippen molar-refractivity contribution >= 4 is 79.2 Å². The van der Waals surface area contributed by atoms with Crippen molar-refractivity contribution in [2.24, 2.45) is 0 Å². The highest BCUT2D eigenvalue weighted by atomic mass is 127. The second-order valence-electron chi connectivity index (χ2n) is 2.36. The van der Waals surface area contributed by atoms with Gasteiger partial charge in [0.15, 0.2) is 0 Å². The molecular formula is C8H4I2S2. The van der Waals surface area contributed by atoms with Crippen LogP contribution in [0.3, 0.4) is 0 Å². The molecule has 0 aliphatic rings. The summed E-state index contributed by atoms with van der Waals surface area (Å²) in [7, 11) is 0. The Balaban J connectivity index is 2.96. The zero-order valence-electron chi connectivity index (χ0n) is 5.84. The van der Waals surface area contributed by atoms with E-state index in [0.717, 1.165) is 4.90 Å². The molecule has 0 spiro atoms. The molecule has 0 unspecified atom stereocenters. The van der Waals surface area contributed by atoms with Crippen molar-refractivity contribution in [2.45, 2.75) is 4.90 Å². The number of halogens is 2. The maximum atomic E-state index is 4.39. The number of hydrogen-bond donors (Lipinski definition) is 1. The third-order valence-corrected chi connectivity index (χ3v) is 5.75. The van der Waals surface area contributed by atoms with Crippen molar-refractivity contribution in [2.75, 3.05) is 0 Å². The number of benzene rings is 1. The van der Waals surface area contributed by atoms with Gasteiger partial charge in [-0.05, 0) is 57.3 Å². The van der Waals surface area contributed by atoms with Crippen LogP contribution in [-0.4, -0.2) is 0 Å². The van der Waals surface area contributed by atoms with E-state index in [2.05, 4.69) is 75.3 Å². The molecule has 0 bridgehead atoms. The van der Waals surface area contributed by atoms with Crippen LogP contribution in [0.5, 0.6) is 0 Å². The smallest absolute Gasteiger partial charge is 0.0365 e. The number of thiol groups is 1. The average molecular weight is 418 g/mol. The van der Waals surface area contributed by atoms with Gasteiger partial charge in [-0.3, -0.25) is 0 Å². The largest absolute Gasteiger partial charge is 0.143 e. The van der Waals surface area contributed by atoms with Crippen molar-refractivity contribution in [3.8, 4) is 0 Å². The SMILES string of the molecule is Sc1ccc2scc(I)c2c1I. The molecule has 0 atom stereocenters. The maximum Gasteiger partial charge on any atom is 0.0365 e. The van der Waals surface area contributed by atoms with Crippen LogP contribution < -0.4 is 0 Å². The van der Waals surface area contributed by atoms with Crippen LogP contribution in [0.2, 0.25) is 0 Å². The highest BCUT2D eigenvalue weighted by Crippen LogP contribution is 2.33. The molecule has 4 heteroatoms. The van der Waals surface area contributed by atoms with E-state index in [9.17, 15) is 0 Å². The van der Waals surface area contributed by atoms with E-state index in [1.54, 1.807) is 11.3 Å². The van der Waals surface area contributed by atoms with Gasteiger partial charge in [-0.1, -0.05) is 0 Å². The third kappa shape index (κ3) is 1.51. The minimum absolute atomic E-state index is 1.07. The van der Waals surface area contributed by atoms with Gasteiger partial charge in [-0.2, -0.15) is 0 Å². The molecule has 2 rings (SSSR count). The summed E-state index contributed by atoms with van der Waals surface area (Å²) in [5.41, 5.74) is 0. The first-order chi connectivity index (χ1) is 5.70. The third-order valence-electron chi connectivity index (χ3n) is 1.61. The van der Waals surface area contributed by atoms with Gasteiger partial charge < -0.3 is 0 Å². The molecular weight excluding hydrogens is 414 g/mol. The summed E-state index contributed by atoms with van der Waals surface area (Å²) in [6, 6.07) is 4.19. The monoisotopic (exact) mass is 418 g/mol. The highest BCUT2D eigenvalue weighted by molar-refractivity contribution is 14.1. The summed E-state index contributed by atoms with van der Waals surface area (Å²) >= 11 is 10.9. The first-order valence-corrected chi connectivity index (χ1v) is 6.73. The molecule has 0 fully saturated rings. The second kappa shape index (κ2) is 3.62. The second-order valence-corrected chi connectivity index (χ2v) is 5.99. The van der Waals surface area contributed by atoms with E-state index in [1.165, 1.54) is 17.2 Å². The van der Waals surface area contributed by atoms with Crippen molar-refractivity contribution in [1.29, 1.82) is 0 Å². The molecule has 62 valence electrons. The zero-order chi connectivity index (χ0) is 8.72. The molecule has 0 aliphatic heterocycles. The van der Waals surface area contributed by atoms with E-state index >= 15 is 0 Å². The Labute approximate surface area is 107 Å². The van der Waals surface area contributed by atoms with Gasteiger partial charge in [-0.25, -0.2) is 0 Å². The average Bonchev–Trinajstić information content (AvgIpc) is 2.41. The number of hydrogen-bond acceptors (Lipinski definition) is 2. The topological polar surface area (TPSA) is 0 Å². The molecule has 0 radical (unpaired) electrons. The molecule has 1 heterocycles. The summed E-state index contributed by atoms with van der Waals surface area (Å²) in [6.45, 7) is 0. The standard InChI is InChI=1S/C8H4I2S2/c9-4-3-12-6-2-1-5(11)8(10)7(4)6/h1-3,11H. The predicted molar refractivity (Wildman–Crippen MR) is 74.5 cm³/mol. The Bertz CT molecular complexity index is 434. The van der Waals surface area contributed by atoms with Crippen LogP contribution in [0, 0.1) is 7.14 Å². The Morgan fingerprint density at radius 1 is 1.25 bits per heavy atom. The molecule has 12 heavy (non-hydrogen) atoms. The van der Waals surface area contributed by atoms with E-state index in [0.29, 0.717) is 0 Å².